The predicted octanol–water partition coefficient (Wildman–Crippen LogP) is 4.57. The van der Waals surface area contributed by atoms with Crippen LogP contribution in [0.1, 0.15) is 58.1 Å². The van der Waals surface area contributed by atoms with E-state index in [0.29, 0.717) is 6.04 Å². The van der Waals surface area contributed by atoms with Crippen molar-refractivity contribution in [3.63, 3.8) is 0 Å². The van der Waals surface area contributed by atoms with Crippen LogP contribution in [0.15, 0.2) is 18.2 Å². The van der Waals surface area contributed by atoms with Crippen LogP contribution in [0, 0.1) is 5.92 Å². The second-order valence-corrected chi connectivity index (χ2v) is 5.53. The smallest absolute Gasteiger partial charge is 0.123 e. The van der Waals surface area contributed by atoms with Gasteiger partial charge >= 0.3 is 0 Å². The van der Waals surface area contributed by atoms with Gasteiger partial charge in [0.15, 0.2) is 0 Å². The standard InChI is InChI=1S/C18H31NO2/c1-6-11-19-17(12-14(7-2)8-3)16-13-15(20-4)9-10-18(16)21-5/h9-10,13-14,17,19H,6-8,11-12H2,1-5H3. The molecule has 0 saturated heterocycles. The summed E-state index contributed by atoms with van der Waals surface area (Å²) in [5.74, 6) is 2.56. The first-order chi connectivity index (χ1) is 10.2. The molecular weight excluding hydrogens is 262 g/mol. The van der Waals surface area contributed by atoms with Gasteiger partial charge in [-0.1, -0.05) is 33.6 Å². The summed E-state index contributed by atoms with van der Waals surface area (Å²) in [5.41, 5.74) is 1.21. The molecule has 0 aromatic heterocycles. The molecule has 1 atom stereocenters. The zero-order valence-corrected chi connectivity index (χ0v) is 14.2. The van der Waals surface area contributed by atoms with E-state index in [4.69, 9.17) is 9.47 Å². The highest BCUT2D eigenvalue weighted by molar-refractivity contribution is 5.42. The van der Waals surface area contributed by atoms with Crippen LogP contribution < -0.4 is 14.8 Å². The Bertz CT molecular complexity index is 402. The lowest BCUT2D eigenvalue weighted by Gasteiger charge is -2.25. The molecule has 0 fully saturated rings. The summed E-state index contributed by atoms with van der Waals surface area (Å²) < 4.78 is 10.9. The summed E-state index contributed by atoms with van der Waals surface area (Å²) in [7, 11) is 3.44. The van der Waals surface area contributed by atoms with E-state index in [1.165, 1.54) is 18.4 Å². The second kappa shape index (κ2) is 9.67. The first kappa shape index (κ1) is 17.8. The molecule has 0 heterocycles. The number of ether oxygens (including phenoxy) is 2. The van der Waals surface area contributed by atoms with E-state index in [1.807, 2.05) is 12.1 Å². The van der Waals surface area contributed by atoms with Gasteiger partial charge in [0.25, 0.3) is 0 Å². The van der Waals surface area contributed by atoms with Crippen molar-refractivity contribution in [2.24, 2.45) is 5.92 Å². The number of benzene rings is 1. The Morgan fingerprint density at radius 2 is 1.76 bits per heavy atom. The highest BCUT2D eigenvalue weighted by atomic mass is 16.5. The third-order valence-electron chi connectivity index (χ3n) is 4.18. The maximum atomic E-state index is 5.56. The molecule has 0 radical (unpaired) electrons. The van der Waals surface area contributed by atoms with Crippen LogP contribution in [0.3, 0.4) is 0 Å². The maximum absolute atomic E-state index is 5.56. The van der Waals surface area contributed by atoms with Crippen LogP contribution in [0.2, 0.25) is 0 Å². The van der Waals surface area contributed by atoms with Gasteiger partial charge in [-0.15, -0.1) is 0 Å². The minimum absolute atomic E-state index is 0.319. The number of rotatable bonds is 10. The van der Waals surface area contributed by atoms with E-state index in [2.05, 4.69) is 32.2 Å². The maximum Gasteiger partial charge on any atom is 0.123 e. The Morgan fingerprint density at radius 3 is 2.29 bits per heavy atom. The minimum Gasteiger partial charge on any atom is -0.497 e. The lowest BCUT2D eigenvalue weighted by molar-refractivity contribution is 0.350. The zero-order valence-electron chi connectivity index (χ0n) is 14.2. The summed E-state index contributed by atoms with van der Waals surface area (Å²) in [6.07, 6.45) is 4.70. The summed E-state index contributed by atoms with van der Waals surface area (Å²) in [6.45, 7) is 7.76. The zero-order chi connectivity index (χ0) is 15.7. The number of nitrogens with one attached hydrogen (secondary N) is 1. The second-order valence-electron chi connectivity index (χ2n) is 5.53. The van der Waals surface area contributed by atoms with Crippen molar-refractivity contribution in [1.29, 1.82) is 0 Å². The summed E-state index contributed by atoms with van der Waals surface area (Å²) in [6, 6.07) is 6.38. The lowest BCUT2D eigenvalue weighted by atomic mass is 9.90. The van der Waals surface area contributed by atoms with Gasteiger partial charge in [0.2, 0.25) is 0 Å². The average molecular weight is 293 g/mol. The molecular formula is C18H31NO2. The Kier molecular flexibility index (Phi) is 8.21. The van der Waals surface area contributed by atoms with Gasteiger partial charge in [-0.3, -0.25) is 0 Å². The van der Waals surface area contributed by atoms with Gasteiger partial charge in [-0.25, -0.2) is 0 Å². The Hall–Kier alpha value is -1.22. The first-order valence-electron chi connectivity index (χ1n) is 8.15. The SMILES string of the molecule is CCCNC(CC(CC)CC)c1cc(OC)ccc1OC. The molecule has 0 aliphatic rings. The number of methoxy groups -OCH3 is 2. The molecule has 1 aromatic carbocycles. The summed E-state index contributed by atoms with van der Waals surface area (Å²) in [5, 5.41) is 3.68. The third kappa shape index (κ3) is 5.24. The van der Waals surface area contributed by atoms with E-state index in [1.54, 1.807) is 14.2 Å². The van der Waals surface area contributed by atoms with Crippen molar-refractivity contribution in [1.82, 2.24) is 5.32 Å². The van der Waals surface area contributed by atoms with Crippen molar-refractivity contribution < 1.29 is 9.47 Å². The van der Waals surface area contributed by atoms with Gasteiger partial charge < -0.3 is 14.8 Å². The Morgan fingerprint density at radius 1 is 1.05 bits per heavy atom. The molecule has 0 saturated carbocycles. The Balaban J connectivity index is 3.04. The summed E-state index contributed by atoms with van der Waals surface area (Å²) >= 11 is 0. The molecule has 0 amide bonds. The third-order valence-corrected chi connectivity index (χ3v) is 4.18. The largest absolute Gasteiger partial charge is 0.497 e. The van der Waals surface area contributed by atoms with Gasteiger partial charge in [-0.2, -0.15) is 0 Å². The van der Waals surface area contributed by atoms with E-state index < -0.39 is 0 Å². The minimum atomic E-state index is 0.319. The molecule has 0 spiro atoms. The van der Waals surface area contributed by atoms with Crippen LogP contribution in [0.4, 0.5) is 0 Å². The molecule has 1 unspecified atom stereocenters. The molecule has 1 N–H and O–H groups in total. The van der Waals surface area contributed by atoms with E-state index in [-0.39, 0.29) is 0 Å². The van der Waals surface area contributed by atoms with Crippen LogP contribution in [-0.4, -0.2) is 20.8 Å². The molecule has 120 valence electrons. The normalized spacial score (nSPS) is 12.5. The van der Waals surface area contributed by atoms with Gasteiger partial charge in [-0.05, 0) is 43.5 Å². The molecule has 3 nitrogen and oxygen atoms in total. The van der Waals surface area contributed by atoms with E-state index in [0.717, 1.165) is 36.8 Å². The van der Waals surface area contributed by atoms with Crippen LogP contribution >= 0.6 is 0 Å². The molecule has 1 rings (SSSR count). The van der Waals surface area contributed by atoms with Crippen molar-refractivity contribution in [3.8, 4) is 11.5 Å². The quantitative estimate of drug-likeness (QED) is 0.685. The van der Waals surface area contributed by atoms with Gasteiger partial charge in [0, 0.05) is 11.6 Å². The molecule has 0 aliphatic heterocycles. The molecule has 3 heteroatoms. The van der Waals surface area contributed by atoms with Crippen molar-refractivity contribution >= 4 is 0 Å². The fraction of sp³-hybridized carbons (Fsp3) is 0.667. The molecule has 21 heavy (non-hydrogen) atoms. The van der Waals surface area contributed by atoms with Crippen LogP contribution in [-0.2, 0) is 0 Å². The summed E-state index contributed by atoms with van der Waals surface area (Å²) in [4.78, 5) is 0. The van der Waals surface area contributed by atoms with Gasteiger partial charge in [0.1, 0.15) is 11.5 Å². The monoisotopic (exact) mass is 293 g/mol. The van der Waals surface area contributed by atoms with E-state index in [9.17, 15) is 0 Å². The van der Waals surface area contributed by atoms with Crippen molar-refractivity contribution in [3.05, 3.63) is 23.8 Å². The van der Waals surface area contributed by atoms with Crippen LogP contribution in [0.5, 0.6) is 11.5 Å². The van der Waals surface area contributed by atoms with Crippen molar-refractivity contribution in [2.45, 2.75) is 52.5 Å². The lowest BCUT2D eigenvalue weighted by Crippen LogP contribution is -2.25. The fourth-order valence-electron chi connectivity index (χ4n) is 2.71. The van der Waals surface area contributed by atoms with Gasteiger partial charge in [0.05, 0.1) is 14.2 Å². The number of hydrogen-bond donors (Lipinski definition) is 1. The first-order valence-corrected chi connectivity index (χ1v) is 8.15. The number of hydrogen-bond acceptors (Lipinski definition) is 3. The van der Waals surface area contributed by atoms with E-state index >= 15 is 0 Å². The fourth-order valence-corrected chi connectivity index (χ4v) is 2.71. The van der Waals surface area contributed by atoms with Crippen LogP contribution in [0.25, 0.3) is 0 Å². The molecule has 1 aromatic rings. The highest BCUT2D eigenvalue weighted by Crippen LogP contribution is 2.34. The topological polar surface area (TPSA) is 30.5 Å². The average Bonchev–Trinajstić information content (AvgIpc) is 2.54. The Labute approximate surface area is 130 Å². The predicted molar refractivity (Wildman–Crippen MR) is 89.3 cm³/mol. The van der Waals surface area contributed by atoms with Crippen molar-refractivity contribution in [2.75, 3.05) is 20.8 Å². The molecule has 0 bridgehead atoms. The molecule has 0 aliphatic carbocycles. The highest BCUT2D eigenvalue weighted by Gasteiger charge is 2.19.